The van der Waals surface area contributed by atoms with Crippen LogP contribution in [0.3, 0.4) is 0 Å². The second-order valence-corrected chi connectivity index (χ2v) is 6.59. The van der Waals surface area contributed by atoms with E-state index < -0.39 is 11.9 Å². The van der Waals surface area contributed by atoms with Crippen LogP contribution in [0.25, 0.3) is 17.2 Å². The predicted molar refractivity (Wildman–Crippen MR) is 104 cm³/mol. The molecule has 0 aliphatic rings. The van der Waals surface area contributed by atoms with Crippen LogP contribution in [0.2, 0.25) is 0 Å². The van der Waals surface area contributed by atoms with Crippen LogP contribution >= 0.6 is 0 Å². The normalized spacial score (nSPS) is 11.2. The minimum absolute atomic E-state index is 0.182. The third kappa shape index (κ3) is 3.51. The molecule has 30 heavy (non-hydrogen) atoms. The summed E-state index contributed by atoms with van der Waals surface area (Å²) in [6.45, 7) is 4.43. The number of imidazole rings is 1. The molecule has 154 valence electrons. The average molecular weight is 410 g/mol. The number of aryl methyl sites for hydroxylation is 1. The Labute approximate surface area is 171 Å². The first-order valence-corrected chi connectivity index (χ1v) is 9.68. The highest BCUT2D eigenvalue weighted by molar-refractivity contribution is 5.68. The van der Waals surface area contributed by atoms with E-state index in [9.17, 15) is 9.18 Å². The molecule has 0 radical (unpaired) electrons. The molecule has 0 fully saturated rings. The van der Waals surface area contributed by atoms with E-state index in [1.807, 2.05) is 0 Å². The molecule has 10 heteroatoms. The van der Waals surface area contributed by atoms with Crippen molar-refractivity contribution in [1.82, 2.24) is 29.2 Å². The molecule has 4 rings (SSSR count). The van der Waals surface area contributed by atoms with E-state index in [0.29, 0.717) is 24.4 Å². The van der Waals surface area contributed by atoms with Gasteiger partial charge in [-0.05, 0) is 25.5 Å². The van der Waals surface area contributed by atoms with Crippen LogP contribution in [0.4, 0.5) is 9.18 Å². The lowest BCUT2D eigenvalue weighted by Gasteiger charge is -2.09. The van der Waals surface area contributed by atoms with E-state index in [1.165, 1.54) is 35.7 Å². The second kappa shape index (κ2) is 8.36. The van der Waals surface area contributed by atoms with Crippen LogP contribution < -0.4 is 4.52 Å². The minimum atomic E-state index is -0.524. The SMILES string of the molecule is CCCc1c(Cn2ccnc2-c2ncccc2F)nc[n+]2c1ncn2C(=O)OCC. The lowest BCUT2D eigenvalue weighted by Crippen LogP contribution is -2.38. The van der Waals surface area contributed by atoms with E-state index in [0.717, 1.165) is 17.7 Å². The molecule has 4 heterocycles. The maximum atomic E-state index is 14.2. The quantitative estimate of drug-likeness (QED) is 0.454. The molecule has 4 aromatic rings. The third-order valence-electron chi connectivity index (χ3n) is 4.64. The zero-order chi connectivity index (χ0) is 21.1. The highest BCUT2D eigenvalue weighted by Gasteiger charge is 2.24. The Morgan fingerprint density at radius 3 is 2.83 bits per heavy atom. The minimum Gasteiger partial charge on any atom is -0.447 e. The number of fused-ring (bicyclic) bond motifs is 1. The first-order chi connectivity index (χ1) is 14.6. The number of halogens is 1. The van der Waals surface area contributed by atoms with E-state index in [-0.39, 0.29) is 12.3 Å². The van der Waals surface area contributed by atoms with Gasteiger partial charge in [0.25, 0.3) is 5.65 Å². The van der Waals surface area contributed by atoms with Gasteiger partial charge in [0, 0.05) is 18.6 Å². The Morgan fingerprint density at radius 2 is 2.07 bits per heavy atom. The molecule has 0 aliphatic heterocycles. The van der Waals surface area contributed by atoms with Gasteiger partial charge in [-0.3, -0.25) is 0 Å². The number of carbonyl (C=O) groups is 1. The van der Waals surface area contributed by atoms with Gasteiger partial charge in [-0.1, -0.05) is 18.3 Å². The van der Waals surface area contributed by atoms with Gasteiger partial charge in [-0.25, -0.2) is 19.2 Å². The summed E-state index contributed by atoms with van der Waals surface area (Å²) < 4.78 is 23.9. The summed E-state index contributed by atoms with van der Waals surface area (Å²) in [5.74, 6) is -0.0203. The Hall–Kier alpha value is -3.69. The summed E-state index contributed by atoms with van der Waals surface area (Å²) in [4.78, 5) is 29.5. The molecule has 0 atom stereocenters. The Balaban J connectivity index is 1.76. The Kier molecular flexibility index (Phi) is 5.46. The first-order valence-electron chi connectivity index (χ1n) is 9.68. The standard InChI is InChI=1S/C20H21FN7O2/c1-3-6-14-16(24-12-27-18(14)25-13-28(27)20(29)30-4-2)11-26-10-9-23-19(26)17-15(21)7-5-8-22-17/h5,7-10,12-13H,3-4,6,11H2,1-2H3/q+1. The summed E-state index contributed by atoms with van der Waals surface area (Å²) in [5.41, 5.74) is 2.48. The van der Waals surface area contributed by atoms with Crippen LogP contribution in [-0.2, 0) is 17.7 Å². The molecule has 9 nitrogen and oxygen atoms in total. The summed E-state index contributed by atoms with van der Waals surface area (Å²) in [5, 5.41) is 0. The van der Waals surface area contributed by atoms with E-state index in [1.54, 1.807) is 28.4 Å². The fraction of sp³-hybridized carbons (Fsp3) is 0.300. The largest absolute Gasteiger partial charge is 0.447 e. The summed E-state index contributed by atoms with van der Waals surface area (Å²) >= 11 is 0. The highest BCUT2D eigenvalue weighted by Crippen LogP contribution is 2.20. The number of nitrogens with zero attached hydrogens (tertiary/aromatic N) is 7. The topological polar surface area (TPSA) is 91.8 Å². The monoisotopic (exact) mass is 410 g/mol. The van der Waals surface area contributed by atoms with E-state index in [2.05, 4.69) is 26.9 Å². The zero-order valence-corrected chi connectivity index (χ0v) is 16.7. The molecule has 0 aromatic carbocycles. The summed E-state index contributed by atoms with van der Waals surface area (Å²) in [7, 11) is 0. The van der Waals surface area contributed by atoms with E-state index in [4.69, 9.17) is 4.74 Å². The molecule has 0 saturated heterocycles. The van der Waals surface area contributed by atoms with Crippen LogP contribution in [-0.4, -0.2) is 41.9 Å². The first kappa shape index (κ1) is 19.6. The van der Waals surface area contributed by atoms with Crippen molar-refractivity contribution in [2.24, 2.45) is 0 Å². The fourth-order valence-electron chi connectivity index (χ4n) is 3.32. The molecule has 0 amide bonds. The molecular formula is C20H21FN7O2+. The van der Waals surface area contributed by atoms with Crippen molar-refractivity contribution in [3.8, 4) is 11.5 Å². The van der Waals surface area contributed by atoms with Crippen LogP contribution in [0.1, 0.15) is 31.5 Å². The van der Waals surface area contributed by atoms with Gasteiger partial charge in [0.15, 0.2) is 11.6 Å². The van der Waals surface area contributed by atoms with Crippen molar-refractivity contribution in [1.29, 1.82) is 0 Å². The average Bonchev–Trinajstić information content (AvgIpc) is 3.37. The lowest BCUT2D eigenvalue weighted by atomic mass is 10.1. The van der Waals surface area contributed by atoms with Gasteiger partial charge >= 0.3 is 6.09 Å². The van der Waals surface area contributed by atoms with Crippen molar-refractivity contribution in [2.45, 2.75) is 33.2 Å². The van der Waals surface area contributed by atoms with Gasteiger partial charge in [-0.15, -0.1) is 14.2 Å². The molecule has 0 aliphatic carbocycles. The summed E-state index contributed by atoms with van der Waals surface area (Å²) in [6, 6.07) is 2.89. The number of carbonyl (C=O) groups excluding carboxylic acids is 1. The number of pyridine rings is 1. The van der Waals surface area contributed by atoms with Crippen molar-refractivity contribution < 1.29 is 18.4 Å². The Morgan fingerprint density at radius 1 is 1.20 bits per heavy atom. The van der Waals surface area contributed by atoms with Gasteiger partial charge < -0.3 is 9.30 Å². The third-order valence-corrected chi connectivity index (χ3v) is 4.64. The predicted octanol–water partition coefficient (Wildman–Crippen LogP) is 2.42. The highest BCUT2D eigenvalue weighted by atomic mass is 19.1. The number of ether oxygens (including phenoxy) is 1. The van der Waals surface area contributed by atoms with Crippen molar-refractivity contribution >= 4 is 11.7 Å². The zero-order valence-electron chi connectivity index (χ0n) is 16.7. The summed E-state index contributed by atoms with van der Waals surface area (Å²) in [6.07, 6.45) is 8.91. The molecule has 0 saturated carbocycles. The molecule has 4 aromatic heterocycles. The number of aromatic nitrogens is 7. The molecular weight excluding hydrogens is 389 g/mol. The molecule has 0 bridgehead atoms. The maximum Gasteiger partial charge on any atom is 0.447 e. The van der Waals surface area contributed by atoms with Crippen molar-refractivity contribution in [3.63, 3.8) is 0 Å². The van der Waals surface area contributed by atoms with E-state index >= 15 is 0 Å². The van der Waals surface area contributed by atoms with Gasteiger partial charge in [-0.2, -0.15) is 0 Å². The smallest absolute Gasteiger partial charge is 0.447 e. The van der Waals surface area contributed by atoms with Gasteiger partial charge in [0.05, 0.1) is 18.7 Å². The van der Waals surface area contributed by atoms with Crippen molar-refractivity contribution in [2.75, 3.05) is 6.61 Å². The van der Waals surface area contributed by atoms with Gasteiger partial charge in [0.1, 0.15) is 11.4 Å². The second-order valence-electron chi connectivity index (χ2n) is 6.59. The number of rotatable bonds is 6. The van der Waals surface area contributed by atoms with Crippen LogP contribution in [0, 0.1) is 5.82 Å². The van der Waals surface area contributed by atoms with Gasteiger partial charge in [0.2, 0.25) is 12.7 Å². The number of hydrogen-bond acceptors (Lipinski definition) is 6. The fourth-order valence-corrected chi connectivity index (χ4v) is 3.32. The lowest BCUT2D eigenvalue weighted by molar-refractivity contribution is -0.601. The van der Waals surface area contributed by atoms with Crippen LogP contribution in [0.5, 0.6) is 0 Å². The Bertz CT molecular complexity index is 1200. The molecule has 0 N–H and O–H groups in total. The number of hydrogen-bond donors (Lipinski definition) is 0. The molecule has 0 spiro atoms. The maximum absolute atomic E-state index is 14.2. The van der Waals surface area contributed by atoms with Crippen molar-refractivity contribution in [3.05, 3.63) is 60.5 Å². The molecule has 0 unspecified atom stereocenters. The van der Waals surface area contributed by atoms with Crippen LogP contribution in [0.15, 0.2) is 43.4 Å².